The number of aromatic amines is 1. The van der Waals surface area contributed by atoms with E-state index in [9.17, 15) is 14.7 Å². The number of rotatable bonds is 6. The lowest BCUT2D eigenvalue weighted by molar-refractivity contribution is 0.0602. The first-order valence-electron chi connectivity index (χ1n) is 8.01. The standard InChI is InChI=1S/C18H17N3O7/c1-8-13(17(24)27-4)14-9(19-8)5-6-10(15(14)16(22)23)28-18-20-11(25-2)7-12(21-18)26-3/h5-7,19H,1-4H3,(H,22,23). The van der Waals surface area contributed by atoms with Crippen LogP contribution >= 0.6 is 0 Å². The van der Waals surface area contributed by atoms with Gasteiger partial charge in [-0.1, -0.05) is 0 Å². The van der Waals surface area contributed by atoms with E-state index in [1.54, 1.807) is 13.0 Å². The molecule has 146 valence electrons. The number of benzene rings is 1. The van der Waals surface area contributed by atoms with E-state index in [-0.39, 0.29) is 40.0 Å². The van der Waals surface area contributed by atoms with E-state index in [1.807, 2.05) is 0 Å². The van der Waals surface area contributed by atoms with Crippen LogP contribution in [-0.4, -0.2) is 53.3 Å². The van der Waals surface area contributed by atoms with E-state index in [2.05, 4.69) is 15.0 Å². The molecule has 2 aromatic heterocycles. The molecule has 2 N–H and O–H groups in total. The predicted octanol–water partition coefficient (Wildman–Crippen LogP) is 2.56. The van der Waals surface area contributed by atoms with Crippen molar-refractivity contribution in [2.45, 2.75) is 6.92 Å². The number of H-pyrrole nitrogens is 1. The van der Waals surface area contributed by atoms with Crippen molar-refractivity contribution in [3.63, 3.8) is 0 Å². The van der Waals surface area contributed by atoms with Gasteiger partial charge >= 0.3 is 17.9 Å². The minimum absolute atomic E-state index is 0.0561. The largest absolute Gasteiger partial charge is 0.481 e. The van der Waals surface area contributed by atoms with Gasteiger partial charge in [-0.25, -0.2) is 9.59 Å². The average Bonchev–Trinajstić information content (AvgIpc) is 3.02. The van der Waals surface area contributed by atoms with Gasteiger partial charge in [-0.3, -0.25) is 0 Å². The summed E-state index contributed by atoms with van der Waals surface area (Å²) in [7, 11) is 4.04. The van der Waals surface area contributed by atoms with Gasteiger partial charge in [0.25, 0.3) is 0 Å². The maximum absolute atomic E-state index is 12.2. The van der Waals surface area contributed by atoms with E-state index in [0.29, 0.717) is 11.2 Å². The van der Waals surface area contributed by atoms with Gasteiger partial charge in [0.2, 0.25) is 11.8 Å². The van der Waals surface area contributed by atoms with Crippen molar-refractivity contribution >= 4 is 22.8 Å². The molecule has 0 saturated carbocycles. The van der Waals surface area contributed by atoms with Gasteiger partial charge in [0.15, 0.2) is 0 Å². The van der Waals surface area contributed by atoms with Gasteiger partial charge < -0.3 is 29.0 Å². The van der Waals surface area contributed by atoms with Crippen LogP contribution < -0.4 is 14.2 Å². The number of hydrogen-bond donors (Lipinski definition) is 2. The number of aromatic carboxylic acids is 1. The summed E-state index contributed by atoms with van der Waals surface area (Å²) < 4.78 is 20.5. The summed E-state index contributed by atoms with van der Waals surface area (Å²) in [6.45, 7) is 1.65. The second kappa shape index (κ2) is 7.43. The first kappa shape index (κ1) is 19.0. The van der Waals surface area contributed by atoms with E-state index in [1.165, 1.54) is 33.5 Å². The number of carboxylic acids is 1. The third-order valence-electron chi connectivity index (χ3n) is 4.00. The lowest BCUT2D eigenvalue weighted by Gasteiger charge is -2.11. The summed E-state index contributed by atoms with van der Waals surface area (Å²) in [5, 5.41) is 9.97. The number of methoxy groups -OCH3 is 3. The molecule has 10 nitrogen and oxygen atoms in total. The number of nitrogens with one attached hydrogen (secondary N) is 1. The Hall–Kier alpha value is -3.82. The number of aromatic nitrogens is 3. The topological polar surface area (TPSA) is 133 Å². The number of aryl methyl sites for hydroxylation is 1. The van der Waals surface area contributed by atoms with E-state index < -0.39 is 11.9 Å². The number of carboxylic acid groups (broad SMARTS) is 1. The fourth-order valence-electron chi connectivity index (χ4n) is 2.79. The first-order chi connectivity index (χ1) is 13.4. The number of hydrogen-bond acceptors (Lipinski definition) is 8. The molecule has 0 atom stereocenters. The zero-order chi connectivity index (χ0) is 20.4. The lowest BCUT2D eigenvalue weighted by atomic mass is 10.0. The monoisotopic (exact) mass is 387 g/mol. The van der Waals surface area contributed by atoms with Crippen molar-refractivity contribution in [3.8, 4) is 23.5 Å². The van der Waals surface area contributed by atoms with Gasteiger partial charge in [-0.15, -0.1) is 0 Å². The Balaban J connectivity index is 2.21. The molecule has 2 heterocycles. The van der Waals surface area contributed by atoms with Crippen molar-refractivity contribution < 1.29 is 33.6 Å². The molecule has 0 spiro atoms. The van der Waals surface area contributed by atoms with Crippen LogP contribution in [0.25, 0.3) is 10.9 Å². The van der Waals surface area contributed by atoms with Gasteiger partial charge in [-0.05, 0) is 19.1 Å². The maximum Gasteiger partial charge on any atom is 0.340 e. The zero-order valence-corrected chi connectivity index (χ0v) is 15.5. The van der Waals surface area contributed by atoms with Crippen molar-refractivity contribution in [3.05, 3.63) is 35.0 Å². The maximum atomic E-state index is 12.2. The van der Waals surface area contributed by atoms with Crippen molar-refractivity contribution in [2.24, 2.45) is 0 Å². The fourth-order valence-corrected chi connectivity index (χ4v) is 2.79. The second-order valence-electron chi connectivity index (χ2n) is 5.62. The van der Waals surface area contributed by atoms with Crippen LogP contribution in [0, 0.1) is 6.92 Å². The Morgan fingerprint density at radius 1 is 1.04 bits per heavy atom. The molecule has 10 heteroatoms. The zero-order valence-electron chi connectivity index (χ0n) is 15.5. The molecule has 0 saturated heterocycles. The molecule has 3 rings (SSSR count). The summed E-state index contributed by atoms with van der Waals surface area (Å²) in [6.07, 6.45) is 0. The highest BCUT2D eigenvalue weighted by atomic mass is 16.5. The molecule has 0 unspecified atom stereocenters. The highest BCUT2D eigenvalue weighted by Crippen LogP contribution is 2.35. The number of esters is 1. The predicted molar refractivity (Wildman–Crippen MR) is 96.5 cm³/mol. The van der Waals surface area contributed by atoms with Gasteiger partial charge in [0.1, 0.15) is 11.3 Å². The smallest absolute Gasteiger partial charge is 0.340 e. The molecule has 0 aliphatic rings. The number of carbonyl (C=O) groups is 2. The normalized spacial score (nSPS) is 10.6. The van der Waals surface area contributed by atoms with E-state index in [4.69, 9.17) is 18.9 Å². The number of carbonyl (C=O) groups excluding carboxylic acids is 1. The van der Waals surface area contributed by atoms with Crippen LogP contribution in [0.4, 0.5) is 0 Å². The Morgan fingerprint density at radius 3 is 2.21 bits per heavy atom. The molecule has 0 radical (unpaired) electrons. The summed E-state index contributed by atoms with van der Waals surface area (Å²) >= 11 is 0. The number of nitrogens with zero attached hydrogens (tertiary/aromatic N) is 2. The average molecular weight is 387 g/mol. The quantitative estimate of drug-likeness (QED) is 0.612. The summed E-state index contributed by atoms with van der Waals surface area (Å²) in [4.78, 5) is 35.2. The highest BCUT2D eigenvalue weighted by Gasteiger charge is 2.26. The molecule has 3 aromatic rings. The second-order valence-corrected chi connectivity index (χ2v) is 5.62. The van der Waals surface area contributed by atoms with Crippen LogP contribution in [-0.2, 0) is 4.74 Å². The fraction of sp³-hybridized carbons (Fsp3) is 0.222. The van der Waals surface area contributed by atoms with Gasteiger partial charge in [0, 0.05) is 16.6 Å². The minimum atomic E-state index is -1.29. The van der Waals surface area contributed by atoms with Gasteiger partial charge in [0.05, 0.1) is 33.0 Å². The van der Waals surface area contributed by atoms with E-state index >= 15 is 0 Å². The SMILES string of the molecule is COC(=O)c1c(C)[nH]c2ccc(Oc3nc(OC)cc(OC)n3)c(C(=O)O)c12. The van der Waals surface area contributed by atoms with Crippen molar-refractivity contribution in [1.29, 1.82) is 0 Å². The molecule has 0 aliphatic carbocycles. The first-order valence-corrected chi connectivity index (χ1v) is 8.01. The Kier molecular flexibility index (Phi) is 5.03. The van der Waals surface area contributed by atoms with Crippen LogP contribution in [0.15, 0.2) is 18.2 Å². The van der Waals surface area contributed by atoms with Crippen LogP contribution in [0.3, 0.4) is 0 Å². The Labute approximate surface area is 159 Å². The summed E-state index contributed by atoms with van der Waals surface area (Å²) in [5.74, 6) is -1.66. The molecule has 0 amide bonds. The summed E-state index contributed by atoms with van der Waals surface area (Å²) in [6, 6.07) is 4.30. The van der Waals surface area contributed by atoms with E-state index in [0.717, 1.165) is 0 Å². The lowest BCUT2D eigenvalue weighted by Crippen LogP contribution is -2.07. The summed E-state index contributed by atoms with van der Waals surface area (Å²) in [5.41, 5.74) is 0.810. The van der Waals surface area contributed by atoms with Crippen LogP contribution in [0.2, 0.25) is 0 Å². The molecule has 1 aromatic carbocycles. The van der Waals surface area contributed by atoms with Crippen LogP contribution in [0.1, 0.15) is 26.4 Å². The van der Waals surface area contributed by atoms with Gasteiger partial charge in [-0.2, -0.15) is 9.97 Å². The number of fused-ring (bicyclic) bond motifs is 1. The Morgan fingerprint density at radius 2 is 1.68 bits per heavy atom. The third kappa shape index (κ3) is 3.27. The molecule has 0 fully saturated rings. The molecule has 0 bridgehead atoms. The third-order valence-corrected chi connectivity index (χ3v) is 4.00. The Bertz CT molecular complexity index is 1050. The van der Waals surface area contributed by atoms with Crippen molar-refractivity contribution in [1.82, 2.24) is 15.0 Å². The number of ether oxygens (including phenoxy) is 4. The highest BCUT2D eigenvalue weighted by molar-refractivity contribution is 6.15. The molecular formula is C18H17N3O7. The molecule has 0 aliphatic heterocycles. The van der Waals surface area contributed by atoms with Crippen molar-refractivity contribution in [2.75, 3.05) is 21.3 Å². The molecule has 28 heavy (non-hydrogen) atoms. The molecular weight excluding hydrogens is 370 g/mol. The van der Waals surface area contributed by atoms with Crippen LogP contribution in [0.5, 0.6) is 23.5 Å². The minimum Gasteiger partial charge on any atom is -0.481 e.